The number of hydrogen-bond donors (Lipinski definition) is 2. The Morgan fingerprint density at radius 3 is 2.53 bits per heavy atom. The zero-order valence-electron chi connectivity index (χ0n) is 10.1. The van der Waals surface area contributed by atoms with Crippen LogP contribution in [0.3, 0.4) is 0 Å². The van der Waals surface area contributed by atoms with Crippen molar-refractivity contribution in [2.75, 3.05) is 12.4 Å². The summed E-state index contributed by atoms with van der Waals surface area (Å²) in [5.74, 6) is 0.720. The molecule has 0 radical (unpaired) electrons. The molecule has 0 aromatic carbocycles. The molecule has 6 heteroatoms. The Hall–Kier alpha value is -1.43. The first-order valence-electron chi connectivity index (χ1n) is 5.21. The zero-order valence-corrected chi connectivity index (χ0v) is 11.7. The summed E-state index contributed by atoms with van der Waals surface area (Å²) in [4.78, 5) is 12.2. The van der Waals surface area contributed by atoms with E-state index in [1.807, 2.05) is 13.8 Å². The maximum atomic E-state index is 5.99. The number of hydrogen-bond acceptors (Lipinski definition) is 5. The Morgan fingerprint density at radius 1 is 1.47 bits per heavy atom. The summed E-state index contributed by atoms with van der Waals surface area (Å²) < 4.78 is 0.828. The van der Waals surface area contributed by atoms with Crippen LogP contribution in [0, 0.1) is 5.92 Å². The smallest absolute Gasteiger partial charge is 0.227 e. The van der Waals surface area contributed by atoms with Crippen LogP contribution < -0.4 is 11.1 Å². The van der Waals surface area contributed by atoms with Crippen molar-refractivity contribution in [3.8, 4) is 0 Å². The first-order valence-corrected chi connectivity index (χ1v) is 6.00. The fraction of sp³-hybridized carbons (Fsp3) is 0.364. The molecule has 0 aliphatic rings. The molecular weight excluding hydrogens is 282 g/mol. The van der Waals surface area contributed by atoms with E-state index in [-0.39, 0.29) is 5.92 Å². The van der Waals surface area contributed by atoms with Crippen molar-refractivity contribution in [2.45, 2.75) is 13.8 Å². The maximum absolute atomic E-state index is 5.99. The number of allylic oxidation sites excluding steroid dienone is 2. The van der Waals surface area contributed by atoms with E-state index in [9.17, 15) is 0 Å². The fourth-order valence-electron chi connectivity index (χ4n) is 1.12. The average molecular weight is 298 g/mol. The Bertz CT molecular complexity index is 422. The van der Waals surface area contributed by atoms with Crippen molar-refractivity contribution in [3.63, 3.8) is 0 Å². The van der Waals surface area contributed by atoms with Crippen molar-refractivity contribution >= 4 is 28.1 Å². The van der Waals surface area contributed by atoms with Gasteiger partial charge in [0.25, 0.3) is 0 Å². The third-order valence-corrected chi connectivity index (χ3v) is 2.47. The number of rotatable bonds is 4. The highest BCUT2D eigenvalue weighted by Crippen LogP contribution is 2.12. The molecule has 1 heterocycles. The first kappa shape index (κ1) is 13.6. The van der Waals surface area contributed by atoms with Gasteiger partial charge in [0.1, 0.15) is 0 Å². The van der Waals surface area contributed by atoms with E-state index in [0.717, 1.165) is 15.9 Å². The molecule has 3 N–H and O–H groups in total. The molecule has 0 aliphatic heterocycles. The van der Waals surface area contributed by atoms with Crippen molar-refractivity contribution in [1.29, 1.82) is 0 Å². The Morgan fingerprint density at radius 2 is 2.06 bits per heavy atom. The third-order valence-electron chi connectivity index (χ3n) is 2.06. The third kappa shape index (κ3) is 4.14. The van der Waals surface area contributed by atoms with E-state index in [0.29, 0.717) is 5.95 Å². The Labute approximate surface area is 109 Å². The number of nitrogens with zero attached hydrogens (tertiary/aromatic N) is 3. The van der Waals surface area contributed by atoms with E-state index < -0.39 is 0 Å². The lowest BCUT2D eigenvalue weighted by Gasteiger charge is -2.12. The van der Waals surface area contributed by atoms with E-state index in [4.69, 9.17) is 5.73 Å². The van der Waals surface area contributed by atoms with Crippen molar-refractivity contribution < 1.29 is 0 Å². The predicted octanol–water partition coefficient (Wildman–Crippen LogP) is 2.18. The largest absolute Gasteiger partial charge is 0.400 e. The normalized spacial score (nSPS) is 13.0. The van der Waals surface area contributed by atoms with Gasteiger partial charge in [-0.3, -0.25) is 4.99 Å². The molecule has 0 atom stereocenters. The molecule has 1 aromatic heterocycles. The lowest BCUT2D eigenvalue weighted by molar-refractivity contribution is 0.751. The number of anilines is 1. The summed E-state index contributed by atoms with van der Waals surface area (Å²) in [6.45, 7) is 4.03. The summed E-state index contributed by atoms with van der Waals surface area (Å²) in [7, 11) is 1.69. The van der Waals surface area contributed by atoms with Gasteiger partial charge in [-0.2, -0.15) is 0 Å². The Balaban J connectivity index is 2.95. The van der Waals surface area contributed by atoms with Crippen LogP contribution in [0.25, 0.3) is 0 Å². The molecule has 0 bridgehead atoms. The second kappa shape index (κ2) is 6.34. The molecule has 0 spiro atoms. The molecule has 1 rings (SSSR count). The monoisotopic (exact) mass is 297 g/mol. The molecule has 92 valence electrons. The van der Waals surface area contributed by atoms with Crippen LogP contribution in [0.2, 0.25) is 0 Å². The van der Waals surface area contributed by atoms with Crippen molar-refractivity contribution in [1.82, 2.24) is 9.97 Å². The number of halogens is 1. The summed E-state index contributed by atoms with van der Waals surface area (Å²) in [5.41, 5.74) is 7.44. The quantitative estimate of drug-likeness (QED) is 0.835. The van der Waals surface area contributed by atoms with Crippen LogP contribution in [0.15, 0.2) is 33.3 Å². The van der Waals surface area contributed by atoms with Gasteiger partial charge in [-0.05, 0) is 21.8 Å². The minimum absolute atomic E-state index is 0.228. The van der Waals surface area contributed by atoms with Gasteiger partial charge in [-0.1, -0.05) is 13.8 Å². The maximum Gasteiger partial charge on any atom is 0.227 e. The predicted molar refractivity (Wildman–Crippen MR) is 73.8 cm³/mol. The molecule has 0 saturated heterocycles. The standard InChI is InChI=1S/C11H16BrN5/c1-7(2)10(13)9(6-14-3)17-11-15-4-8(12)5-16-11/h4-7H,13H2,1-3H3,(H,15,16,17). The van der Waals surface area contributed by atoms with Crippen LogP contribution in [0.5, 0.6) is 0 Å². The lowest BCUT2D eigenvalue weighted by atomic mass is 10.1. The highest BCUT2D eigenvalue weighted by molar-refractivity contribution is 9.10. The van der Waals surface area contributed by atoms with Crippen molar-refractivity contribution in [3.05, 3.63) is 28.3 Å². The molecule has 5 nitrogen and oxygen atoms in total. The van der Waals surface area contributed by atoms with Gasteiger partial charge in [0.15, 0.2) is 0 Å². The highest BCUT2D eigenvalue weighted by atomic mass is 79.9. The lowest BCUT2D eigenvalue weighted by Crippen LogP contribution is -2.16. The number of aromatic nitrogens is 2. The van der Waals surface area contributed by atoms with E-state index in [1.54, 1.807) is 25.7 Å². The fourth-order valence-corrected chi connectivity index (χ4v) is 1.32. The van der Waals surface area contributed by atoms with Gasteiger partial charge >= 0.3 is 0 Å². The average Bonchev–Trinajstić information content (AvgIpc) is 2.30. The molecule has 0 amide bonds. The molecule has 0 aliphatic carbocycles. The minimum Gasteiger partial charge on any atom is -0.400 e. The Kier molecular flexibility index (Phi) is 5.09. The zero-order chi connectivity index (χ0) is 12.8. The first-order chi connectivity index (χ1) is 8.04. The molecule has 17 heavy (non-hydrogen) atoms. The molecule has 0 saturated carbocycles. The van der Waals surface area contributed by atoms with Crippen LogP contribution in [-0.4, -0.2) is 23.2 Å². The molecular formula is C11H16BrN5. The van der Waals surface area contributed by atoms with Gasteiger partial charge in [0.2, 0.25) is 5.95 Å². The van der Waals surface area contributed by atoms with Gasteiger partial charge in [-0.25, -0.2) is 9.97 Å². The van der Waals surface area contributed by atoms with E-state index >= 15 is 0 Å². The topological polar surface area (TPSA) is 76.2 Å². The molecule has 0 fully saturated rings. The van der Waals surface area contributed by atoms with E-state index in [2.05, 4.69) is 36.2 Å². The van der Waals surface area contributed by atoms with Crippen LogP contribution in [-0.2, 0) is 0 Å². The summed E-state index contributed by atoms with van der Waals surface area (Å²) in [5, 5.41) is 3.05. The second-order valence-corrected chi connectivity index (χ2v) is 4.68. The SMILES string of the molecule is CN=CC(Nc1ncc(Br)cn1)=C(N)C(C)C. The van der Waals surface area contributed by atoms with Gasteiger partial charge in [0.05, 0.1) is 10.2 Å². The highest BCUT2D eigenvalue weighted by Gasteiger charge is 2.07. The summed E-state index contributed by atoms with van der Waals surface area (Å²) in [6.07, 6.45) is 5.00. The van der Waals surface area contributed by atoms with Crippen molar-refractivity contribution in [2.24, 2.45) is 16.6 Å². The minimum atomic E-state index is 0.228. The molecule has 1 aromatic rings. The summed E-state index contributed by atoms with van der Waals surface area (Å²) in [6, 6.07) is 0. The van der Waals surface area contributed by atoms with Gasteiger partial charge in [-0.15, -0.1) is 0 Å². The number of aliphatic imine (C=N–C) groups is 1. The number of nitrogens with two attached hydrogens (primary N) is 1. The van der Waals surface area contributed by atoms with E-state index in [1.165, 1.54) is 0 Å². The van der Waals surface area contributed by atoms with Crippen LogP contribution in [0.1, 0.15) is 13.8 Å². The van der Waals surface area contributed by atoms with Gasteiger partial charge in [0, 0.05) is 31.4 Å². The van der Waals surface area contributed by atoms with Crippen LogP contribution in [0.4, 0.5) is 5.95 Å². The second-order valence-electron chi connectivity index (χ2n) is 3.76. The van der Waals surface area contributed by atoms with Crippen LogP contribution >= 0.6 is 15.9 Å². The number of nitrogens with one attached hydrogen (secondary N) is 1. The summed E-state index contributed by atoms with van der Waals surface area (Å²) >= 11 is 3.28. The van der Waals surface area contributed by atoms with Gasteiger partial charge < -0.3 is 11.1 Å². The molecule has 0 unspecified atom stereocenters.